The van der Waals surface area contributed by atoms with Gasteiger partial charge in [0.25, 0.3) is 0 Å². The third-order valence-electron chi connectivity index (χ3n) is 4.83. The maximum absolute atomic E-state index is 12.7. The molecule has 1 atom stereocenters. The first-order chi connectivity index (χ1) is 11.5. The lowest BCUT2D eigenvalue weighted by molar-refractivity contribution is -0.131. The summed E-state index contributed by atoms with van der Waals surface area (Å²) in [5.74, 6) is 0.243. The third kappa shape index (κ3) is 3.81. The van der Waals surface area contributed by atoms with Crippen LogP contribution in [0.5, 0.6) is 0 Å². The molecule has 0 unspecified atom stereocenters. The van der Waals surface area contributed by atoms with E-state index >= 15 is 0 Å². The summed E-state index contributed by atoms with van der Waals surface area (Å²) in [7, 11) is 1.92. The largest absolute Gasteiger partial charge is 0.339 e. The molecule has 1 aromatic heterocycles. The van der Waals surface area contributed by atoms with Crippen LogP contribution >= 0.6 is 11.6 Å². The molecule has 1 aliphatic heterocycles. The number of hydrogen-bond acceptors (Lipinski definition) is 2. The molecule has 24 heavy (non-hydrogen) atoms. The lowest BCUT2D eigenvalue weighted by Gasteiger charge is -2.25. The van der Waals surface area contributed by atoms with E-state index in [9.17, 15) is 4.79 Å². The number of carbonyl (C=O) groups is 1. The molecule has 0 bridgehead atoms. The van der Waals surface area contributed by atoms with Crippen LogP contribution in [0.3, 0.4) is 0 Å². The minimum Gasteiger partial charge on any atom is -0.339 e. The Balaban J connectivity index is 1.61. The Labute approximate surface area is 148 Å². The van der Waals surface area contributed by atoms with E-state index in [0.717, 1.165) is 54.1 Å². The average Bonchev–Trinajstić information content (AvgIpc) is 3.13. The van der Waals surface area contributed by atoms with Crippen molar-refractivity contribution in [2.24, 2.45) is 7.05 Å². The fourth-order valence-electron chi connectivity index (χ4n) is 3.57. The maximum atomic E-state index is 12.7. The number of halogens is 1. The zero-order valence-corrected chi connectivity index (χ0v) is 15.1. The number of likely N-dealkylation sites (tertiary alicyclic amines) is 1. The predicted molar refractivity (Wildman–Crippen MR) is 96.2 cm³/mol. The van der Waals surface area contributed by atoms with Crippen LogP contribution in [0.1, 0.15) is 36.1 Å². The molecule has 128 valence electrons. The first-order valence-corrected chi connectivity index (χ1v) is 8.94. The molecule has 2 heterocycles. The molecular formula is C19H24ClN3O. The second-order valence-corrected chi connectivity index (χ2v) is 7.00. The summed E-state index contributed by atoms with van der Waals surface area (Å²) in [5.41, 5.74) is 3.30. The molecule has 0 spiro atoms. The highest BCUT2D eigenvalue weighted by Crippen LogP contribution is 2.25. The van der Waals surface area contributed by atoms with Crippen LogP contribution in [0.2, 0.25) is 5.02 Å². The SMILES string of the molecule is Cc1nn(C)cc1CCC(=O)N1CCC[C@H]1Cc1ccccc1Cl. The number of amides is 1. The van der Waals surface area contributed by atoms with Gasteiger partial charge in [-0.05, 0) is 49.8 Å². The van der Waals surface area contributed by atoms with Gasteiger partial charge in [0.05, 0.1) is 5.69 Å². The molecule has 0 N–H and O–H groups in total. The van der Waals surface area contributed by atoms with E-state index in [1.165, 1.54) is 0 Å². The number of aryl methyl sites for hydroxylation is 3. The van der Waals surface area contributed by atoms with Gasteiger partial charge in [0.2, 0.25) is 5.91 Å². The lowest BCUT2D eigenvalue weighted by Crippen LogP contribution is -2.37. The van der Waals surface area contributed by atoms with Gasteiger partial charge in [-0.1, -0.05) is 29.8 Å². The van der Waals surface area contributed by atoms with Crippen molar-refractivity contribution in [3.05, 3.63) is 52.3 Å². The standard InChI is InChI=1S/C19H24ClN3O/c1-14-16(13-22(2)21-14)9-10-19(24)23-11-5-7-17(23)12-15-6-3-4-8-18(15)20/h3-4,6,8,13,17H,5,7,9-12H2,1-2H3/t17-/m0/s1. The van der Waals surface area contributed by atoms with Gasteiger partial charge in [-0.2, -0.15) is 5.10 Å². The van der Waals surface area contributed by atoms with Crippen molar-refractivity contribution in [2.45, 2.75) is 45.1 Å². The number of nitrogens with zero attached hydrogens (tertiary/aromatic N) is 3. The van der Waals surface area contributed by atoms with Gasteiger partial charge in [0.1, 0.15) is 0 Å². The minimum absolute atomic E-state index is 0.243. The maximum Gasteiger partial charge on any atom is 0.223 e. The van der Waals surface area contributed by atoms with Crippen molar-refractivity contribution < 1.29 is 4.79 Å². The van der Waals surface area contributed by atoms with Gasteiger partial charge in [-0.15, -0.1) is 0 Å². The average molecular weight is 346 g/mol. The number of aromatic nitrogens is 2. The molecule has 1 fully saturated rings. The molecule has 1 aromatic carbocycles. The van der Waals surface area contributed by atoms with Crippen LogP contribution in [0.25, 0.3) is 0 Å². The third-order valence-corrected chi connectivity index (χ3v) is 5.20. The Morgan fingerprint density at radius 3 is 2.83 bits per heavy atom. The van der Waals surface area contributed by atoms with Crippen molar-refractivity contribution >= 4 is 17.5 Å². The Hall–Kier alpha value is -1.81. The molecule has 1 saturated heterocycles. The van der Waals surface area contributed by atoms with Gasteiger partial charge >= 0.3 is 0 Å². The molecule has 1 aliphatic rings. The highest BCUT2D eigenvalue weighted by molar-refractivity contribution is 6.31. The van der Waals surface area contributed by atoms with Crippen LogP contribution in [-0.4, -0.2) is 33.2 Å². The second-order valence-electron chi connectivity index (χ2n) is 6.59. The molecule has 1 amide bonds. The van der Waals surface area contributed by atoms with E-state index in [4.69, 9.17) is 11.6 Å². The highest BCUT2D eigenvalue weighted by atomic mass is 35.5. The van der Waals surface area contributed by atoms with Gasteiger partial charge < -0.3 is 4.90 Å². The minimum atomic E-state index is 0.243. The van der Waals surface area contributed by atoms with Gasteiger partial charge in [-0.3, -0.25) is 9.48 Å². The summed E-state index contributed by atoms with van der Waals surface area (Å²) >= 11 is 6.28. The van der Waals surface area contributed by atoms with Crippen LogP contribution in [-0.2, 0) is 24.7 Å². The molecule has 3 rings (SSSR count). The normalized spacial score (nSPS) is 17.5. The van der Waals surface area contributed by atoms with E-state index in [1.807, 2.05) is 43.0 Å². The number of carbonyl (C=O) groups excluding carboxylic acids is 1. The Morgan fingerprint density at radius 2 is 2.12 bits per heavy atom. The number of hydrogen-bond donors (Lipinski definition) is 0. The zero-order valence-electron chi connectivity index (χ0n) is 14.3. The van der Waals surface area contributed by atoms with E-state index in [0.29, 0.717) is 6.42 Å². The van der Waals surface area contributed by atoms with Gasteiger partial charge in [0.15, 0.2) is 0 Å². The van der Waals surface area contributed by atoms with Crippen molar-refractivity contribution in [1.29, 1.82) is 0 Å². The van der Waals surface area contributed by atoms with Crippen molar-refractivity contribution in [3.63, 3.8) is 0 Å². The van der Waals surface area contributed by atoms with Crippen molar-refractivity contribution in [3.8, 4) is 0 Å². The Morgan fingerprint density at radius 1 is 1.33 bits per heavy atom. The topological polar surface area (TPSA) is 38.1 Å². The van der Waals surface area contributed by atoms with Crippen LogP contribution < -0.4 is 0 Å². The quantitative estimate of drug-likeness (QED) is 0.831. The van der Waals surface area contributed by atoms with E-state index < -0.39 is 0 Å². The zero-order chi connectivity index (χ0) is 17.1. The van der Waals surface area contributed by atoms with Crippen LogP contribution in [0.15, 0.2) is 30.5 Å². The smallest absolute Gasteiger partial charge is 0.223 e. The summed E-state index contributed by atoms with van der Waals surface area (Å²) in [4.78, 5) is 14.7. The number of rotatable bonds is 5. The van der Waals surface area contributed by atoms with E-state index in [2.05, 4.69) is 16.1 Å². The predicted octanol–water partition coefficient (Wildman–Crippen LogP) is 3.55. The Bertz CT molecular complexity index is 725. The van der Waals surface area contributed by atoms with E-state index in [1.54, 1.807) is 0 Å². The summed E-state index contributed by atoms with van der Waals surface area (Å²) in [6, 6.07) is 8.20. The van der Waals surface area contributed by atoms with Gasteiger partial charge in [0, 0.05) is 37.3 Å². The Kier molecular flexibility index (Phi) is 5.24. The summed E-state index contributed by atoms with van der Waals surface area (Å²) in [6.07, 6.45) is 6.29. The van der Waals surface area contributed by atoms with Gasteiger partial charge in [-0.25, -0.2) is 0 Å². The van der Waals surface area contributed by atoms with Crippen molar-refractivity contribution in [2.75, 3.05) is 6.54 Å². The number of benzene rings is 1. The molecule has 2 aromatic rings. The molecular weight excluding hydrogens is 322 g/mol. The molecule has 0 radical (unpaired) electrons. The van der Waals surface area contributed by atoms with Crippen LogP contribution in [0.4, 0.5) is 0 Å². The first-order valence-electron chi connectivity index (χ1n) is 8.56. The van der Waals surface area contributed by atoms with E-state index in [-0.39, 0.29) is 11.9 Å². The fourth-order valence-corrected chi connectivity index (χ4v) is 3.79. The first kappa shape index (κ1) is 17.0. The lowest BCUT2D eigenvalue weighted by atomic mass is 10.0. The summed E-state index contributed by atoms with van der Waals surface area (Å²) < 4.78 is 1.81. The summed E-state index contributed by atoms with van der Waals surface area (Å²) in [5, 5.41) is 5.14. The monoisotopic (exact) mass is 345 g/mol. The second kappa shape index (κ2) is 7.39. The molecule has 0 saturated carbocycles. The highest BCUT2D eigenvalue weighted by Gasteiger charge is 2.28. The van der Waals surface area contributed by atoms with Crippen LogP contribution in [0, 0.1) is 6.92 Å². The molecule has 0 aliphatic carbocycles. The van der Waals surface area contributed by atoms with Crippen molar-refractivity contribution in [1.82, 2.24) is 14.7 Å². The molecule has 5 heteroatoms. The summed E-state index contributed by atoms with van der Waals surface area (Å²) in [6.45, 7) is 2.86. The fraction of sp³-hybridized carbons (Fsp3) is 0.474. The molecule has 4 nitrogen and oxygen atoms in total.